The minimum Gasteiger partial charge on any atom is -0.481 e. The SMILES string of the molecule is CC(C)CC(NC(=O)C1CCCN1)C(=O)NC(CCC(=O)O)C(=O)NC(Cc1cnc[nH]1)C(=O)O. The molecule has 0 aromatic carbocycles. The normalized spacial score (nSPS) is 17.9. The Hall–Kier alpha value is -3.48. The van der Waals surface area contributed by atoms with Crippen LogP contribution >= 0.6 is 0 Å². The summed E-state index contributed by atoms with van der Waals surface area (Å²) in [7, 11) is 0. The largest absolute Gasteiger partial charge is 0.481 e. The van der Waals surface area contributed by atoms with E-state index in [4.69, 9.17) is 5.11 Å². The monoisotopic (exact) mass is 494 g/mol. The quantitative estimate of drug-likeness (QED) is 0.172. The minimum atomic E-state index is -1.33. The molecule has 0 spiro atoms. The molecular formula is C22H34N6O7. The number of carboxylic acids is 2. The number of carbonyl (C=O) groups is 5. The number of H-pyrrole nitrogens is 1. The van der Waals surface area contributed by atoms with Crippen LogP contribution in [0.2, 0.25) is 0 Å². The van der Waals surface area contributed by atoms with Gasteiger partial charge in [0, 0.05) is 24.7 Å². The number of carbonyl (C=O) groups excluding carboxylic acids is 3. The Morgan fingerprint density at radius 1 is 1.06 bits per heavy atom. The number of aromatic nitrogens is 2. The molecule has 1 aromatic rings. The summed E-state index contributed by atoms with van der Waals surface area (Å²) in [5, 5.41) is 29.2. The standard InChI is InChI=1S/C22H34N6O7/c1-12(2)8-16(27-19(31)14-4-3-7-24-14)21(33)26-15(5-6-18(29)30)20(32)28-17(22(34)35)9-13-10-23-11-25-13/h10-12,14-17,24H,3-9H2,1-2H3,(H,23,25)(H,26,33)(H,27,31)(H,28,32)(H,29,30)(H,34,35). The van der Waals surface area contributed by atoms with Gasteiger partial charge < -0.3 is 36.5 Å². The van der Waals surface area contributed by atoms with E-state index in [0.29, 0.717) is 25.1 Å². The van der Waals surface area contributed by atoms with E-state index >= 15 is 0 Å². The van der Waals surface area contributed by atoms with Gasteiger partial charge in [-0.3, -0.25) is 19.2 Å². The first kappa shape index (κ1) is 27.8. The van der Waals surface area contributed by atoms with Crippen molar-refractivity contribution in [3.8, 4) is 0 Å². The van der Waals surface area contributed by atoms with Gasteiger partial charge in [0.25, 0.3) is 0 Å². The first-order valence-corrected chi connectivity index (χ1v) is 11.6. The highest BCUT2D eigenvalue weighted by Gasteiger charge is 2.32. The fourth-order valence-corrected chi connectivity index (χ4v) is 3.78. The van der Waals surface area contributed by atoms with Gasteiger partial charge in [-0.2, -0.15) is 0 Å². The van der Waals surface area contributed by atoms with Gasteiger partial charge in [-0.1, -0.05) is 13.8 Å². The van der Waals surface area contributed by atoms with Crippen molar-refractivity contribution < 1.29 is 34.2 Å². The number of rotatable bonds is 14. The third kappa shape index (κ3) is 9.35. The predicted octanol–water partition coefficient (Wildman–Crippen LogP) is -0.846. The van der Waals surface area contributed by atoms with Crippen LogP contribution in [0.1, 0.15) is 51.6 Å². The Bertz CT molecular complexity index is 883. The molecule has 13 nitrogen and oxygen atoms in total. The lowest BCUT2D eigenvalue weighted by molar-refractivity contribution is -0.143. The van der Waals surface area contributed by atoms with Crippen LogP contribution in [0.25, 0.3) is 0 Å². The van der Waals surface area contributed by atoms with Gasteiger partial charge in [0.05, 0.1) is 12.4 Å². The highest BCUT2D eigenvalue weighted by atomic mass is 16.4. The van der Waals surface area contributed by atoms with Gasteiger partial charge >= 0.3 is 11.9 Å². The average molecular weight is 495 g/mol. The van der Waals surface area contributed by atoms with Gasteiger partial charge in [0.1, 0.15) is 18.1 Å². The van der Waals surface area contributed by atoms with E-state index in [1.165, 1.54) is 12.5 Å². The van der Waals surface area contributed by atoms with Gasteiger partial charge in [0.15, 0.2) is 0 Å². The summed E-state index contributed by atoms with van der Waals surface area (Å²) in [6.45, 7) is 4.46. The number of hydrogen-bond donors (Lipinski definition) is 7. The molecule has 7 N–H and O–H groups in total. The maximum atomic E-state index is 13.1. The maximum absolute atomic E-state index is 13.1. The van der Waals surface area contributed by atoms with Crippen LogP contribution in [0, 0.1) is 5.92 Å². The van der Waals surface area contributed by atoms with Crippen LogP contribution in [0.3, 0.4) is 0 Å². The summed E-state index contributed by atoms with van der Waals surface area (Å²) in [4.78, 5) is 67.9. The Balaban J connectivity index is 2.11. The van der Waals surface area contributed by atoms with E-state index in [2.05, 4.69) is 31.2 Å². The van der Waals surface area contributed by atoms with Crippen molar-refractivity contribution >= 4 is 29.7 Å². The van der Waals surface area contributed by atoms with Crippen molar-refractivity contribution in [3.63, 3.8) is 0 Å². The molecule has 1 aliphatic heterocycles. The Kier molecular flexibility index (Phi) is 10.6. The number of nitrogens with zero attached hydrogens (tertiary/aromatic N) is 1. The average Bonchev–Trinajstić information content (AvgIpc) is 3.49. The second-order valence-corrected chi connectivity index (χ2v) is 9.01. The zero-order valence-electron chi connectivity index (χ0n) is 19.9. The summed E-state index contributed by atoms with van der Waals surface area (Å²) < 4.78 is 0. The van der Waals surface area contributed by atoms with Crippen molar-refractivity contribution in [1.82, 2.24) is 31.2 Å². The van der Waals surface area contributed by atoms with Gasteiger partial charge in [-0.05, 0) is 38.1 Å². The Morgan fingerprint density at radius 2 is 1.74 bits per heavy atom. The van der Waals surface area contributed by atoms with Crippen LogP contribution in [0.5, 0.6) is 0 Å². The molecule has 13 heteroatoms. The summed E-state index contributed by atoms with van der Waals surface area (Å²) in [6, 6.07) is -3.97. The van der Waals surface area contributed by atoms with Crippen LogP contribution in [-0.4, -0.2) is 80.6 Å². The van der Waals surface area contributed by atoms with Crippen molar-refractivity contribution in [1.29, 1.82) is 0 Å². The summed E-state index contributed by atoms with van der Waals surface area (Å²) >= 11 is 0. The maximum Gasteiger partial charge on any atom is 0.326 e. The first-order valence-electron chi connectivity index (χ1n) is 11.6. The highest BCUT2D eigenvalue weighted by Crippen LogP contribution is 2.10. The lowest BCUT2D eigenvalue weighted by Crippen LogP contribution is -2.57. The molecular weight excluding hydrogens is 460 g/mol. The zero-order chi connectivity index (χ0) is 26.0. The summed E-state index contributed by atoms with van der Waals surface area (Å²) in [5.41, 5.74) is 0.476. The molecule has 35 heavy (non-hydrogen) atoms. The molecule has 4 atom stereocenters. The fourth-order valence-electron chi connectivity index (χ4n) is 3.78. The van der Waals surface area contributed by atoms with Crippen LogP contribution in [0.15, 0.2) is 12.5 Å². The lowest BCUT2D eigenvalue weighted by atomic mass is 10.0. The molecule has 1 saturated heterocycles. The number of aliphatic carboxylic acids is 2. The molecule has 1 aliphatic rings. The highest BCUT2D eigenvalue weighted by molar-refractivity contribution is 5.94. The van der Waals surface area contributed by atoms with Gasteiger partial charge in [-0.15, -0.1) is 0 Å². The van der Waals surface area contributed by atoms with Gasteiger partial charge in [0.2, 0.25) is 17.7 Å². The zero-order valence-corrected chi connectivity index (χ0v) is 19.9. The molecule has 3 amide bonds. The Morgan fingerprint density at radius 3 is 2.29 bits per heavy atom. The predicted molar refractivity (Wildman–Crippen MR) is 123 cm³/mol. The number of imidazole rings is 1. The summed E-state index contributed by atoms with van der Waals surface area (Å²) in [6.07, 6.45) is 3.83. The van der Waals surface area contributed by atoms with Crippen LogP contribution in [0.4, 0.5) is 0 Å². The van der Waals surface area contributed by atoms with Gasteiger partial charge in [-0.25, -0.2) is 9.78 Å². The number of hydrogen-bond acceptors (Lipinski definition) is 7. The number of aromatic amines is 1. The molecule has 0 bridgehead atoms. The van der Waals surface area contributed by atoms with E-state index in [1.807, 2.05) is 13.8 Å². The molecule has 0 saturated carbocycles. The minimum absolute atomic E-state index is 0.0414. The molecule has 1 aromatic heterocycles. The third-order valence-corrected chi connectivity index (χ3v) is 5.59. The molecule has 2 heterocycles. The van der Waals surface area contributed by atoms with E-state index in [-0.39, 0.29) is 24.7 Å². The van der Waals surface area contributed by atoms with E-state index in [1.54, 1.807) is 0 Å². The molecule has 194 valence electrons. The fraction of sp³-hybridized carbons (Fsp3) is 0.636. The van der Waals surface area contributed by atoms with Crippen molar-refractivity contribution in [2.75, 3.05) is 6.54 Å². The second kappa shape index (κ2) is 13.4. The van der Waals surface area contributed by atoms with Crippen molar-refractivity contribution in [3.05, 3.63) is 18.2 Å². The molecule has 2 rings (SSSR count). The smallest absolute Gasteiger partial charge is 0.326 e. The van der Waals surface area contributed by atoms with E-state index < -0.39 is 54.3 Å². The third-order valence-electron chi connectivity index (χ3n) is 5.59. The second-order valence-electron chi connectivity index (χ2n) is 9.01. The lowest BCUT2D eigenvalue weighted by Gasteiger charge is -2.26. The molecule has 1 fully saturated rings. The number of nitrogens with one attached hydrogen (secondary N) is 5. The van der Waals surface area contributed by atoms with Crippen molar-refractivity contribution in [2.24, 2.45) is 5.92 Å². The first-order chi connectivity index (χ1) is 16.6. The van der Waals surface area contributed by atoms with Crippen LogP contribution < -0.4 is 21.3 Å². The Labute approximate surface area is 202 Å². The number of amides is 3. The molecule has 0 aliphatic carbocycles. The molecule has 4 unspecified atom stereocenters. The van der Waals surface area contributed by atoms with E-state index in [9.17, 15) is 29.1 Å². The number of carboxylic acid groups (broad SMARTS) is 2. The molecule has 0 radical (unpaired) electrons. The van der Waals surface area contributed by atoms with E-state index in [0.717, 1.165) is 6.42 Å². The topological polar surface area (TPSA) is 203 Å². The summed E-state index contributed by atoms with van der Waals surface area (Å²) in [5.74, 6) is -4.23. The van der Waals surface area contributed by atoms with Crippen molar-refractivity contribution in [2.45, 2.75) is 76.5 Å². The van der Waals surface area contributed by atoms with Crippen LogP contribution in [-0.2, 0) is 30.4 Å².